The summed E-state index contributed by atoms with van der Waals surface area (Å²) in [6, 6.07) is 13.4. The van der Waals surface area contributed by atoms with Crippen LogP contribution in [0.4, 0.5) is 4.79 Å². The number of nitrogens with zero attached hydrogens (tertiary/aromatic N) is 2. The van der Waals surface area contributed by atoms with Gasteiger partial charge in [-0.1, -0.05) is 35.9 Å². The van der Waals surface area contributed by atoms with E-state index in [1.54, 1.807) is 30.3 Å². The van der Waals surface area contributed by atoms with Crippen molar-refractivity contribution in [2.75, 3.05) is 19.7 Å². The minimum Gasteiger partial charge on any atom is -0.439 e. The van der Waals surface area contributed by atoms with Crippen molar-refractivity contribution in [1.82, 2.24) is 9.21 Å². The number of benzene rings is 2. The second-order valence-corrected chi connectivity index (χ2v) is 9.03. The smallest absolute Gasteiger partial charge is 0.417 e. The van der Waals surface area contributed by atoms with E-state index in [1.807, 2.05) is 18.2 Å². The van der Waals surface area contributed by atoms with Crippen LogP contribution in [0.1, 0.15) is 6.42 Å². The lowest BCUT2D eigenvalue weighted by molar-refractivity contribution is -0.127. The van der Waals surface area contributed by atoms with E-state index >= 15 is 0 Å². The topological polar surface area (TPSA) is 84.0 Å². The van der Waals surface area contributed by atoms with E-state index < -0.39 is 28.1 Å². The average Bonchev–Trinajstić information content (AvgIpc) is 3.29. The number of carbonyl (C=O) groups is 2. The van der Waals surface area contributed by atoms with Gasteiger partial charge in [0.15, 0.2) is 6.61 Å². The molecular weight excluding hydrogens is 404 g/mol. The second kappa shape index (κ2) is 7.20. The Hall–Kier alpha value is -2.42. The van der Waals surface area contributed by atoms with Gasteiger partial charge in [-0.2, -0.15) is 4.31 Å². The summed E-state index contributed by atoms with van der Waals surface area (Å²) in [4.78, 5) is 24.7. The Morgan fingerprint density at radius 1 is 1.04 bits per heavy atom. The van der Waals surface area contributed by atoms with Crippen molar-refractivity contribution in [2.24, 2.45) is 0 Å². The van der Waals surface area contributed by atoms with Gasteiger partial charge in [-0.15, -0.1) is 0 Å². The maximum Gasteiger partial charge on any atom is 0.417 e. The number of amides is 2. The Kier molecular flexibility index (Phi) is 4.86. The van der Waals surface area contributed by atoms with Crippen LogP contribution < -0.4 is 0 Å². The summed E-state index contributed by atoms with van der Waals surface area (Å²) in [6.45, 7) is 0.0202. The number of hydrogen-bond donors (Lipinski definition) is 0. The molecule has 4 rings (SSSR count). The van der Waals surface area contributed by atoms with Crippen molar-refractivity contribution in [3.63, 3.8) is 0 Å². The van der Waals surface area contributed by atoms with E-state index in [0.29, 0.717) is 11.4 Å². The molecule has 0 saturated carbocycles. The molecule has 146 valence electrons. The Morgan fingerprint density at radius 3 is 2.43 bits per heavy atom. The molecule has 0 spiro atoms. The molecule has 9 heteroatoms. The van der Waals surface area contributed by atoms with Crippen molar-refractivity contribution in [1.29, 1.82) is 0 Å². The summed E-state index contributed by atoms with van der Waals surface area (Å²) in [5.41, 5.74) is 1.75. The number of ether oxygens (including phenoxy) is 1. The fourth-order valence-electron chi connectivity index (χ4n) is 3.49. The van der Waals surface area contributed by atoms with Crippen LogP contribution in [0.3, 0.4) is 0 Å². The highest BCUT2D eigenvalue weighted by molar-refractivity contribution is 7.89. The highest BCUT2D eigenvalue weighted by atomic mass is 35.5. The Morgan fingerprint density at radius 2 is 1.79 bits per heavy atom. The van der Waals surface area contributed by atoms with Gasteiger partial charge in [-0.25, -0.2) is 18.1 Å². The number of rotatable bonds is 4. The van der Waals surface area contributed by atoms with Crippen LogP contribution in [-0.4, -0.2) is 55.4 Å². The van der Waals surface area contributed by atoms with Crippen LogP contribution in [0.15, 0.2) is 53.4 Å². The first-order chi connectivity index (χ1) is 13.4. The number of imide groups is 1. The Bertz CT molecular complexity index is 1020. The summed E-state index contributed by atoms with van der Waals surface area (Å²) >= 11 is 6.01. The van der Waals surface area contributed by atoms with Crippen LogP contribution in [0, 0.1) is 0 Å². The number of sulfonamides is 1. The SMILES string of the molecule is O=C1COC(=O)N1C1CCN(S(=O)(=O)c2ccc(-c3cccc(Cl)c3)cc2)C1. The summed E-state index contributed by atoms with van der Waals surface area (Å²) in [6.07, 6.45) is -0.319. The zero-order valence-electron chi connectivity index (χ0n) is 14.7. The quantitative estimate of drug-likeness (QED) is 0.759. The third kappa shape index (κ3) is 3.39. The minimum atomic E-state index is -3.73. The van der Waals surface area contributed by atoms with Crippen LogP contribution in [0.25, 0.3) is 11.1 Å². The standard InChI is InChI=1S/C19H17ClN2O5S/c20-15-3-1-2-14(10-15)13-4-6-17(7-5-13)28(25,26)21-9-8-16(11-21)22-18(23)12-27-19(22)24/h1-7,10,16H,8-9,11-12H2. The lowest BCUT2D eigenvalue weighted by Gasteiger charge is -2.20. The maximum absolute atomic E-state index is 12.9. The molecule has 2 aliphatic heterocycles. The number of carbonyl (C=O) groups excluding carboxylic acids is 2. The molecule has 2 fully saturated rings. The van der Waals surface area contributed by atoms with E-state index in [9.17, 15) is 18.0 Å². The molecule has 0 bridgehead atoms. The van der Waals surface area contributed by atoms with Gasteiger partial charge in [0.1, 0.15) is 0 Å². The van der Waals surface area contributed by atoms with Gasteiger partial charge in [-0.3, -0.25) is 4.79 Å². The van der Waals surface area contributed by atoms with Gasteiger partial charge in [0, 0.05) is 18.1 Å². The minimum absolute atomic E-state index is 0.0687. The number of cyclic esters (lactones) is 1. The fourth-order valence-corrected chi connectivity index (χ4v) is 5.18. The molecule has 2 amide bonds. The molecule has 7 nitrogen and oxygen atoms in total. The van der Waals surface area contributed by atoms with Crippen molar-refractivity contribution < 1.29 is 22.7 Å². The highest BCUT2D eigenvalue weighted by Crippen LogP contribution is 2.28. The zero-order valence-corrected chi connectivity index (χ0v) is 16.3. The zero-order chi connectivity index (χ0) is 19.9. The highest BCUT2D eigenvalue weighted by Gasteiger charge is 2.43. The average molecular weight is 421 g/mol. The van der Waals surface area contributed by atoms with E-state index in [4.69, 9.17) is 16.3 Å². The summed E-state index contributed by atoms with van der Waals surface area (Å²) < 4.78 is 31.9. The van der Waals surface area contributed by atoms with Crippen molar-refractivity contribution in [3.05, 3.63) is 53.6 Å². The van der Waals surface area contributed by atoms with Crippen LogP contribution in [-0.2, 0) is 19.6 Å². The molecule has 0 aliphatic carbocycles. The largest absolute Gasteiger partial charge is 0.439 e. The van der Waals surface area contributed by atoms with Crippen LogP contribution >= 0.6 is 11.6 Å². The molecule has 2 aromatic carbocycles. The first-order valence-corrected chi connectivity index (χ1v) is 10.5. The third-order valence-corrected chi connectivity index (χ3v) is 7.04. The molecule has 2 aromatic rings. The first kappa shape index (κ1) is 18.9. The summed E-state index contributed by atoms with van der Waals surface area (Å²) in [5, 5.41) is 0.604. The monoisotopic (exact) mass is 420 g/mol. The molecule has 1 unspecified atom stereocenters. The van der Waals surface area contributed by atoms with E-state index in [-0.39, 0.29) is 24.6 Å². The van der Waals surface area contributed by atoms with Crippen molar-refractivity contribution in [3.8, 4) is 11.1 Å². The van der Waals surface area contributed by atoms with Gasteiger partial charge in [0.2, 0.25) is 10.0 Å². The molecular formula is C19H17ClN2O5S. The molecule has 1 atom stereocenters. The molecule has 0 radical (unpaired) electrons. The summed E-state index contributed by atoms with van der Waals surface area (Å²) in [7, 11) is -3.73. The van der Waals surface area contributed by atoms with Gasteiger partial charge in [0.05, 0.1) is 10.9 Å². The van der Waals surface area contributed by atoms with Gasteiger partial charge in [-0.05, 0) is 41.8 Å². The molecule has 0 N–H and O–H groups in total. The van der Waals surface area contributed by atoms with Gasteiger partial charge < -0.3 is 4.74 Å². The van der Waals surface area contributed by atoms with Crippen LogP contribution in [0.2, 0.25) is 5.02 Å². The maximum atomic E-state index is 12.9. The lowest BCUT2D eigenvalue weighted by atomic mass is 10.1. The molecule has 2 saturated heterocycles. The van der Waals surface area contributed by atoms with Crippen molar-refractivity contribution in [2.45, 2.75) is 17.4 Å². The summed E-state index contributed by atoms with van der Waals surface area (Å²) in [5.74, 6) is -0.430. The number of hydrogen-bond acceptors (Lipinski definition) is 5. The van der Waals surface area contributed by atoms with E-state index in [0.717, 1.165) is 16.0 Å². The molecule has 2 heterocycles. The normalized spacial score (nSPS) is 20.6. The van der Waals surface area contributed by atoms with E-state index in [2.05, 4.69) is 0 Å². The Labute approximate surface area is 167 Å². The second-order valence-electron chi connectivity index (χ2n) is 6.66. The predicted molar refractivity (Wildman–Crippen MR) is 102 cm³/mol. The molecule has 28 heavy (non-hydrogen) atoms. The predicted octanol–water partition coefficient (Wildman–Crippen LogP) is 2.75. The van der Waals surface area contributed by atoms with Gasteiger partial charge >= 0.3 is 6.09 Å². The van der Waals surface area contributed by atoms with Gasteiger partial charge in [0.25, 0.3) is 5.91 Å². The first-order valence-electron chi connectivity index (χ1n) is 8.71. The van der Waals surface area contributed by atoms with Crippen LogP contribution in [0.5, 0.6) is 0 Å². The number of halogens is 1. The van der Waals surface area contributed by atoms with Crippen molar-refractivity contribution >= 4 is 33.6 Å². The molecule has 2 aliphatic rings. The Balaban J connectivity index is 1.52. The third-order valence-electron chi connectivity index (χ3n) is 4.93. The fraction of sp³-hybridized carbons (Fsp3) is 0.263. The molecule has 0 aromatic heterocycles. The lowest BCUT2D eigenvalue weighted by Crippen LogP contribution is -2.42. The van der Waals surface area contributed by atoms with E-state index in [1.165, 1.54) is 4.31 Å².